The number of benzene rings is 1. The molecule has 1 atom stereocenters. The highest BCUT2D eigenvalue weighted by molar-refractivity contribution is 5.77. The van der Waals surface area contributed by atoms with Crippen LogP contribution in [0.25, 0.3) is 0 Å². The minimum absolute atomic E-state index is 0.0352. The maximum atomic E-state index is 12.4. The van der Waals surface area contributed by atoms with Crippen molar-refractivity contribution in [1.82, 2.24) is 15.0 Å². The number of amides is 1. The van der Waals surface area contributed by atoms with E-state index >= 15 is 0 Å². The third-order valence-corrected chi connectivity index (χ3v) is 5.35. The van der Waals surface area contributed by atoms with Crippen molar-refractivity contribution in [3.63, 3.8) is 0 Å². The van der Waals surface area contributed by atoms with Crippen molar-refractivity contribution in [2.24, 2.45) is 5.41 Å². The van der Waals surface area contributed by atoms with Gasteiger partial charge >= 0.3 is 0 Å². The van der Waals surface area contributed by atoms with Crippen LogP contribution in [0.3, 0.4) is 0 Å². The van der Waals surface area contributed by atoms with E-state index in [0.717, 1.165) is 37.3 Å². The van der Waals surface area contributed by atoms with E-state index in [1.165, 1.54) is 5.56 Å². The molecule has 1 aromatic heterocycles. The number of ether oxygens (including phenoxy) is 2. The van der Waals surface area contributed by atoms with Gasteiger partial charge in [-0.15, -0.1) is 0 Å². The van der Waals surface area contributed by atoms with Crippen molar-refractivity contribution in [3.8, 4) is 11.5 Å². The smallest absolute Gasteiger partial charge is 0.231 e. The lowest BCUT2D eigenvalue weighted by atomic mass is 9.76. The van der Waals surface area contributed by atoms with Crippen molar-refractivity contribution < 1.29 is 18.8 Å². The second kappa shape index (κ2) is 7.21. The number of aromatic nitrogens is 2. The predicted molar refractivity (Wildman–Crippen MR) is 97.6 cm³/mol. The van der Waals surface area contributed by atoms with E-state index in [1.54, 1.807) is 0 Å². The zero-order chi connectivity index (χ0) is 18.9. The zero-order valence-electron chi connectivity index (χ0n) is 15.9. The maximum absolute atomic E-state index is 12.4. The van der Waals surface area contributed by atoms with Crippen LogP contribution in [0.5, 0.6) is 11.5 Å². The Morgan fingerprint density at radius 1 is 1.26 bits per heavy atom. The Morgan fingerprint density at radius 2 is 2.11 bits per heavy atom. The van der Waals surface area contributed by atoms with Crippen LogP contribution in [0.15, 0.2) is 22.7 Å². The minimum atomic E-state index is 0.0352. The molecule has 4 rings (SSSR count). The number of fused-ring (bicyclic) bond motifs is 1. The average Bonchev–Trinajstić information content (AvgIpc) is 3.31. The summed E-state index contributed by atoms with van der Waals surface area (Å²) in [7, 11) is 0. The zero-order valence-corrected chi connectivity index (χ0v) is 15.9. The Kier molecular flexibility index (Phi) is 4.76. The number of hydrogen-bond donors (Lipinski definition) is 0. The molecule has 7 nitrogen and oxygen atoms in total. The number of aryl methyl sites for hydroxylation is 1. The molecule has 2 aliphatic rings. The van der Waals surface area contributed by atoms with Gasteiger partial charge in [-0.2, -0.15) is 4.98 Å². The molecule has 1 amide bonds. The largest absolute Gasteiger partial charge is 0.454 e. The summed E-state index contributed by atoms with van der Waals surface area (Å²) in [6, 6.07) is 6.11. The first-order valence-electron chi connectivity index (χ1n) is 9.52. The van der Waals surface area contributed by atoms with Crippen molar-refractivity contribution >= 4 is 5.91 Å². The molecule has 144 valence electrons. The van der Waals surface area contributed by atoms with Gasteiger partial charge in [0.05, 0.1) is 0 Å². The van der Waals surface area contributed by atoms with Crippen LogP contribution in [-0.4, -0.2) is 40.8 Å². The maximum Gasteiger partial charge on any atom is 0.231 e. The third kappa shape index (κ3) is 3.91. The lowest BCUT2D eigenvalue weighted by Gasteiger charge is -2.40. The average molecular weight is 371 g/mol. The lowest BCUT2D eigenvalue weighted by molar-refractivity contribution is -0.137. The lowest BCUT2D eigenvalue weighted by Crippen LogP contribution is -2.46. The number of carbonyl (C=O) groups excluding carboxylic acids is 1. The van der Waals surface area contributed by atoms with Crippen LogP contribution in [0, 0.1) is 5.41 Å². The van der Waals surface area contributed by atoms with E-state index in [2.05, 4.69) is 29.2 Å². The van der Waals surface area contributed by atoms with Gasteiger partial charge in [0.1, 0.15) is 0 Å². The molecule has 2 aliphatic heterocycles. The van der Waals surface area contributed by atoms with Gasteiger partial charge in [0.15, 0.2) is 17.3 Å². The topological polar surface area (TPSA) is 77.7 Å². The first-order valence-corrected chi connectivity index (χ1v) is 9.52. The molecule has 1 saturated heterocycles. The highest BCUT2D eigenvalue weighted by atomic mass is 16.7. The van der Waals surface area contributed by atoms with Crippen LogP contribution < -0.4 is 9.47 Å². The van der Waals surface area contributed by atoms with Crippen LogP contribution in [-0.2, 0) is 24.1 Å². The highest BCUT2D eigenvalue weighted by Gasteiger charge is 2.35. The molecule has 7 heteroatoms. The molecule has 27 heavy (non-hydrogen) atoms. The van der Waals surface area contributed by atoms with Gasteiger partial charge in [-0.25, -0.2) is 0 Å². The Balaban J connectivity index is 1.40. The second-order valence-electron chi connectivity index (χ2n) is 7.70. The molecule has 1 aromatic carbocycles. The Morgan fingerprint density at radius 3 is 2.93 bits per heavy atom. The van der Waals surface area contributed by atoms with E-state index < -0.39 is 0 Å². The molecule has 2 aromatic rings. The number of likely N-dealkylation sites (tertiary alicyclic amines) is 1. The fraction of sp³-hybridized carbons (Fsp3) is 0.550. The highest BCUT2D eigenvalue weighted by Crippen LogP contribution is 2.37. The van der Waals surface area contributed by atoms with Gasteiger partial charge in [-0.1, -0.05) is 25.1 Å². The van der Waals surface area contributed by atoms with Gasteiger partial charge in [0, 0.05) is 32.4 Å². The summed E-state index contributed by atoms with van der Waals surface area (Å²) in [5.74, 6) is 3.13. The van der Waals surface area contributed by atoms with Gasteiger partial charge < -0.3 is 18.9 Å². The molecule has 0 N–H and O–H groups in total. The predicted octanol–water partition coefficient (Wildman–Crippen LogP) is 2.77. The van der Waals surface area contributed by atoms with Crippen molar-refractivity contribution in [2.45, 2.75) is 46.0 Å². The molecular weight excluding hydrogens is 346 g/mol. The van der Waals surface area contributed by atoms with Crippen molar-refractivity contribution in [3.05, 3.63) is 35.5 Å². The van der Waals surface area contributed by atoms with Crippen molar-refractivity contribution in [2.75, 3.05) is 19.9 Å². The molecule has 1 fully saturated rings. The Bertz CT molecular complexity index is 834. The summed E-state index contributed by atoms with van der Waals surface area (Å²) in [5, 5.41) is 3.98. The summed E-state index contributed by atoms with van der Waals surface area (Å²) < 4.78 is 16.0. The first kappa shape index (κ1) is 17.8. The summed E-state index contributed by atoms with van der Waals surface area (Å²) in [5.41, 5.74) is 1.25. The number of carbonyl (C=O) groups is 1. The Labute approximate surface area is 158 Å². The number of piperidine rings is 1. The summed E-state index contributed by atoms with van der Waals surface area (Å²) in [6.45, 7) is 5.87. The molecule has 0 radical (unpaired) electrons. The van der Waals surface area contributed by atoms with Crippen molar-refractivity contribution in [1.29, 1.82) is 0 Å². The SMILES string of the molecule is CCc1nc(CCN2C[C@@](C)(Cc3ccc4c(c3)OCO4)CCC2=O)no1. The van der Waals surface area contributed by atoms with Gasteiger partial charge in [0.25, 0.3) is 0 Å². The molecule has 3 heterocycles. The van der Waals surface area contributed by atoms with Crippen LogP contribution in [0.4, 0.5) is 0 Å². The number of rotatable bonds is 6. The quantitative estimate of drug-likeness (QED) is 0.777. The van der Waals surface area contributed by atoms with Gasteiger partial charge in [-0.05, 0) is 36.0 Å². The number of hydrogen-bond acceptors (Lipinski definition) is 6. The van der Waals surface area contributed by atoms with Crippen LogP contribution >= 0.6 is 0 Å². The summed E-state index contributed by atoms with van der Waals surface area (Å²) >= 11 is 0. The molecule has 0 unspecified atom stereocenters. The van der Waals surface area contributed by atoms with E-state index in [1.807, 2.05) is 17.9 Å². The normalized spacial score (nSPS) is 21.7. The second-order valence-corrected chi connectivity index (χ2v) is 7.70. The third-order valence-electron chi connectivity index (χ3n) is 5.35. The Hall–Kier alpha value is -2.57. The van der Waals surface area contributed by atoms with E-state index in [9.17, 15) is 4.79 Å². The van der Waals surface area contributed by atoms with E-state index in [4.69, 9.17) is 14.0 Å². The van der Waals surface area contributed by atoms with E-state index in [0.29, 0.717) is 31.1 Å². The molecule has 0 aliphatic carbocycles. The van der Waals surface area contributed by atoms with Crippen LogP contribution in [0.1, 0.15) is 44.0 Å². The summed E-state index contributed by atoms with van der Waals surface area (Å²) in [6.07, 6.45) is 3.71. The monoisotopic (exact) mass is 371 g/mol. The number of nitrogens with zero attached hydrogens (tertiary/aromatic N) is 3. The fourth-order valence-electron chi connectivity index (χ4n) is 3.86. The molecule has 0 spiro atoms. The first-order chi connectivity index (χ1) is 13.0. The van der Waals surface area contributed by atoms with Gasteiger partial charge in [-0.3, -0.25) is 4.79 Å². The molecule has 0 saturated carbocycles. The fourth-order valence-corrected chi connectivity index (χ4v) is 3.86. The standard InChI is InChI=1S/C20H25N3O4/c1-3-18-21-17(22-27-18)7-9-23-12-20(2,8-6-19(23)24)11-14-4-5-15-16(10-14)26-13-25-15/h4-5,10H,3,6-9,11-13H2,1-2H3/t20-/m1/s1. The van der Waals surface area contributed by atoms with E-state index in [-0.39, 0.29) is 18.1 Å². The molecular formula is C20H25N3O4. The molecule has 0 bridgehead atoms. The van der Waals surface area contributed by atoms with Gasteiger partial charge in [0.2, 0.25) is 18.6 Å². The minimum Gasteiger partial charge on any atom is -0.454 e. The van der Waals surface area contributed by atoms with Crippen LogP contribution in [0.2, 0.25) is 0 Å². The summed E-state index contributed by atoms with van der Waals surface area (Å²) in [4.78, 5) is 18.7.